The van der Waals surface area contributed by atoms with Gasteiger partial charge in [-0.15, -0.1) is 0 Å². The van der Waals surface area contributed by atoms with Crippen LogP contribution < -0.4 is 0 Å². The molecule has 8 nitrogen and oxygen atoms in total. The lowest BCUT2D eigenvalue weighted by Gasteiger charge is -2.42. The highest BCUT2D eigenvalue weighted by Gasteiger charge is 2.59. The molecule has 0 aliphatic heterocycles. The molecule has 1 atom stereocenters. The molecule has 0 radical (unpaired) electrons. The zero-order chi connectivity index (χ0) is 32.4. The summed E-state index contributed by atoms with van der Waals surface area (Å²) in [6.45, 7) is 16.6. The van der Waals surface area contributed by atoms with Gasteiger partial charge in [-0.05, 0) is 60.8 Å². The minimum Gasteiger partial charge on any atom is -0.481 e. The maximum absolute atomic E-state index is 10.5. The lowest BCUT2D eigenvalue weighted by Crippen LogP contribution is -2.65. The Hall–Kier alpha value is -0.553. The fraction of sp³-hybridized carbons (Fsp3) is 0.970. The van der Waals surface area contributed by atoms with Crippen molar-refractivity contribution in [1.82, 2.24) is 0 Å². The molecule has 0 saturated carbocycles. The van der Waals surface area contributed by atoms with Gasteiger partial charge in [-0.25, -0.2) is 0 Å². The Morgan fingerprint density at radius 1 is 0.595 bits per heavy atom. The second-order valence-electron chi connectivity index (χ2n) is 10.8. The monoisotopic (exact) mass is 624 g/mol. The maximum atomic E-state index is 10.5. The molecule has 0 aromatic rings. The summed E-state index contributed by atoms with van der Waals surface area (Å²) in [5.41, 5.74) is 0. The summed E-state index contributed by atoms with van der Waals surface area (Å²) >= 11 is 0. The molecule has 0 aliphatic carbocycles. The number of carboxylic acids is 1. The van der Waals surface area contributed by atoms with Crippen LogP contribution in [0.3, 0.4) is 0 Å². The Morgan fingerprint density at radius 2 is 0.905 bits per heavy atom. The first kappa shape index (κ1) is 45.9. The van der Waals surface area contributed by atoms with Crippen LogP contribution in [-0.4, -0.2) is 75.0 Å². The Morgan fingerprint density at radius 3 is 1.19 bits per heavy atom. The Kier molecular flexibility index (Phi) is 38.2. The number of aliphatic hydroxyl groups is 2. The van der Waals surface area contributed by atoms with Crippen LogP contribution in [-0.2, 0) is 22.8 Å². The Bertz CT molecular complexity index is 519. The van der Waals surface area contributed by atoms with Gasteiger partial charge in [0.05, 0.1) is 0 Å². The van der Waals surface area contributed by atoms with Gasteiger partial charge in [-0.1, -0.05) is 96.8 Å². The quantitative estimate of drug-likeness (QED) is 0.0587. The smallest absolute Gasteiger partial charge is 0.481 e. The topological polar surface area (TPSA) is 115 Å². The van der Waals surface area contributed by atoms with Gasteiger partial charge in [-0.3, -0.25) is 4.79 Å². The summed E-state index contributed by atoms with van der Waals surface area (Å²) in [7, 11) is -2.93. The van der Waals surface area contributed by atoms with Crippen LogP contribution in [0.25, 0.3) is 0 Å². The molecular formula is C33H72O8Si. The van der Waals surface area contributed by atoms with Crippen molar-refractivity contribution in [3.8, 4) is 0 Å². The van der Waals surface area contributed by atoms with E-state index in [2.05, 4.69) is 13.8 Å². The minimum atomic E-state index is -2.93. The molecule has 0 amide bonds. The molecule has 1 unspecified atom stereocenters. The number of hydrogen-bond acceptors (Lipinski definition) is 7. The number of ether oxygens (including phenoxy) is 1. The van der Waals surface area contributed by atoms with Gasteiger partial charge in [0.25, 0.3) is 0 Å². The van der Waals surface area contributed by atoms with Crippen LogP contribution in [0.4, 0.5) is 0 Å². The van der Waals surface area contributed by atoms with E-state index < -0.39 is 20.0 Å². The zero-order valence-corrected chi connectivity index (χ0v) is 29.9. The van der Waals surface area contributed by atoms with Crippen LogP contribution >= 0.6 is 0 Å². The van der Waals surface area contributed by atoms with E-state index in [0.717, 1.165) is 38.7 Å². The third-order valence-corrected chi connectivity index (χ3v) is 10.5. The second-order valence-corrected chi connectivity index (χ2v) is 13.8. The largest absolute Gasteiger partial charge is 0.534 e. The molecular weight excluding hydrogens is 552 g/mol. The maximum Gasteiger partial charge on any atom is 0.534 e. The van der Waals surface area contributed by atoms with Crippen molar-refractivity contribution >= 4 is 14.8 Å². The predicted molar refractivity (Wildman–Crippen MR) is 177 cm³/mol. The number of unbranched alkanes of at least 4 members (excludes halogenated alkanes) is 14. The van der Waals surface area contributed by atoms with E-state index in [-0.39, 0.29) is 13.2 Å². The first-order chi connectivity index (χ1) is 20.2. The molecule has 256 valence electrons. The van der Waals surface area contributed by atoms with Gasteiger partial charge in [0, 0.05) is 46.1 Å². The predicted octanol–water partition coefficient (Wildman–Crippen LogP) is 8.47. The SMILES string of the molecule is CCCC(C)(OCCCCCCCCCCCCCCCCCC(=O)O)[Si](OCC)(OCC)OCC.CCO.CCO. The molecule has 0 fully saturated rings. The average molecular weight is 625 g/mol. The summed E-state index contributed by atoms with van der Waals surface area (Å²) in [5, 5.41) is 23.3. The summed E-state index contributed by atoms with van der Waals surface area (Å²) in [6.07, 6.45) is 20.8. The van der Waals surface area contributed by atoms with Crippen molar-refractivity contribution in [2.24, 2.45) is 0 Å². The zero-order valence-electron chi connectivity index (χ0n) is 28.9. The lowest BCUT2D eigenvalue weighted by molar-refractivity contribution is -0.137. The van der Waals surface area contributed by atoms with E-state index >= 15 is 0 Å². The molecule has 0 saturated heterocycles. The highest BCUT2D eigenvalue weighted by molar-refractivity contribution is 6.64. The van der Waals surface area contributed by atoms with E-state index in [1.54, 1.807) is 13.8 Å². The van der Waals surface area contributed by atoms with Crippen LogP contribution in [0.2, 0.25) is 0 Å². The number of carboxylic acid groups (broad SMARTS) is 1. The van der Waals surface area contributed by atoms with Crippen LogP contribution in [0.1, 0.15) is 164 Å². The van der Waals surface area contributed by atoms with E-state index in [4.69, 9.17) is 33.3 Å². The third kappa shape index (κ3) is 27.0. The highest BCUT2D eigenvalue weighted by Crippen LogP contribution is 2.33. The van der Waals surface area contributed by atoms with Crippen molar-refractivity contribution < 1.29 is 38.1 Å². The number of aliphatic hydroxyl groups excluding tert-OH is 2. The summed E-state index contributed by atoms with van der Waals surface area (Å²) < 4.78 is 25.0. The first-order valence-electron chi connectivity index (χ1n) is 17.2. The normalized spacial score (nSPS) is 12.6. The molecule has 42 heavy (non-hydrogen) atoms. The van der Waals surface area contributed by atoms with Gasteiger partial charge >= 0.3 is 14.8 Å². The van der Waals surface area contributed by atoms with Gasteiger partial charge < -0.3 is 33.3 Å². The van der Waals surface area contributed by atoms with Gasteiger partial charge in [0.1, 0.15) is 5.22 Å². The van der Waals surface area contributed by atoms with E-state index in [1.807, 2.05) is 20.8 Å². The third-order valence-electron chi connectivity index (χ3n) is 6.83. The molecule has 3 N–H and O–H groups in total. The molecule has 0 aliphatic rings. The van der Waals surface area contributed by atoms with Gasteiger partial charge in [0.2, 0.25) is 0 Å². The molecule has 0 aromatic heterocycles. The number of carbonyl (C=O) groups is 1. The Balaban J connectivity index is -0.00000231. The summed E-state index contributed by atoms with van der Waals surface area (Å²) in [5.74, 6) is -0.666. The van der Waals surface area contributed by atoms with E-state index in [0.29, 0.717) is 26.2 Å². The van der Waals surface area contributed by atoms with Gasteiger partial charge in [0.15, 0.2) is 0 Å². The molecule has 0 heterocycles. The van der Waals surface area contributed by atoms with Crippen molar-refractivity contribution in [2.45, 2.75) is 169 Å². The average Bonchev–Trinajstić information content (AvgIpc) is 2.93. The lowest BCUT2D eigenvalue weighted by atomic mass is 10.0. The number of aliphatic carboxylic acids is 1. The molecule has 0 rings (SSSR count). The van der Waals surface area contributed by atoms with Crippen molar-refractivity contribution in [3.05, 3.63) is 0 Å². The summed E-state index contributed by atoms with van der Waals surface area (Å²) in [6, 6.07) is 0. The van der Waals surface area contributed by atoms with E-state index in [1.165, 1.54) is 77.0 Å². The van der Waals surface area contributed by atoms with Crippen molar-refractivity contribution in [3.63, 3.8) is 0 Å². The summed E-state index contributed by atoms with van der Waals surface area (Å²) in [4.78, 5) is 10.5. The van der Waals surface area contributed by atoms with Crippen molar-refractivity contribution in [2.75, 3.05) is 39.6 Å². The molecule has 0 bridgehead atoms. The van der Waals surface area contributed by atoms with Crippen LogP contribution in [0.15, 0.2) is 0 Å². The Labute approximate surface area is 261 Å². The molecule has 0 spiro atoms. The number of rotatable bonds is 28. The van der Waals surface area contributed by atoms with E-state index in [9.17, 15) is 4.79 Å². The number of hydrogen-bond donors (Lipinski definition) is 3. The molecule has 9 heteroatoms. The fourth-order valence-corrected chi connectivity index (χ4v) is 8.06. The highest BCUT2D eigenvalue weighted by atomic mass is 28.4. The van der Waals surface area contributed by atoms with Gasteiger partial charge in [-0.2, -0.15) is 0 Å². The van der Waals surface area contributed by atoms with Crippen LogP contribution in [0, 0.1) is 0 Å². The first-order valence-corrected chi connectivity index (χ1v) is 19.0. The molecule has 0 aromatic carbocycles. The second kappa shape index (κ2) is 34.9. The minimum absolute atomic E-state index is 0.250. The fourth-order valence-electron chi connectivity index (χ4n) is 4.92. The van der Waals surface area contributed by atoms with Crippen molar-refractivity contribution in [1.29, 1.82) is 0 Å². The van der Waals surface area contributed by atoms with Crippen LogP contribution in [0.5, 0.6) is 0 Å². The standard InChI is InChI=1S/C29H60O6Si.2C2H6O/c1-6-26-29(5,36(33-7-2,34-8-3)35-9-4)32-27-24-22-20-18-16-14-12-10-11-13-15-17-19-21-23-25-28(30)31;2*1-2-3/h6-27H2,1-5H3,(H,30,31);2*3H,2H2,1H3.